The van der Waals surface area contributed by atoms with Crippen molar-refractivity contribution >= 4 is 17.7 Å². The fourth-order valence-electron chi connectivity index (χ4n) is 2.90. The van der Waals surface area contributed by atoms with Crippen molar-refractivity contribution in [3.8, 4) is 11.1 Å². The molecule has 1 heterocycles. The third-order valence-electron chi connectivity index (χ3n) is 4.40. The second-order valence-corrected chi connectivity index (χ2v) is 6.81. The molecule has 0 atom stereocenters. The van der Waals surface area contributed by atoms with E-state index in [2.05, 4.69) is 21.3 Å². The number of hydrogen-bond donors (Lipinski definition) is 3. The molecule has 154 valence electrons. The summed E-state index contributed by atoms with van der Waals surface area (Å²) in [5.41, 5.74) is 8.73. The third-order valence-corrected chi connectivity index (χ3v) is 4.40. The lowest BCUT2D eigenvalue weighted by atomic mass is 10.0. The summed E-state index contributed by atoms with van der Waals surface area (Å²) < 4.78 is 1.54. The maximum Gasteiger partial charge on any atom is 0.260 e. The van der Waals surface area contributed by atoms with Crippen LogP contribution in [0.15, 0.2) is 60.7 Å². The molecule has 3 N–H and O–H groups in total. The van der Waals surface area contributed by atoms with E-state index in [4.69, 9.17) is 0 Å². The van der Waals surface area contributed by atoms with Gasteiger partial charge in [-0.15, -0.1) is 0 Å². The number of benzene rings is 2. The number of carbonyl (C=O) groups is 3. The number of hydrazine groups is 1. The third kappa shape index (κ3) is 5.54. The van der Waals surface area contributed by atoms with Gasteiger partial charge in [0.1, 0.15) is 6.54 Å². The van der Waals surface area contributed by atoms with Crippen molar-refractivity contribution in [3.05, 3.63) is 77.6 Å². The lowest BCUT2D eigenvalue weighted by Gasteiger charge is -2.09. The van der Waals surface area contributed by atoms with Crippen LogP contribution in [0.5, 0.6) is 0 Å². The molecule has 0 bridgehead atoms. The van der Waals surface area contributed by atoms with Crippen LogP contribution in [0.2, 0.25) is 0 Å². The largest absolute Gasteiger partial charge is 0.343 e. The van der Waals surface area contributed by atoms with Gasteiger partial charge in [0.05, 0.1) is 12.2 Å². The van der Waals surface area contributed by atoms with E-state index >= 15 is 0 Å². The normalized spacial score (nSPS) is 10.3. The van der Waals surface area contributed by atoms with E-state index in [1.807, 2.05) is 62.4 Å². The topological polar surface area (TPSA) is 105 Å². The second-order valence-electron chi connectivity index (χ2n) is 6.81. The second kappa shape index (κ2) is 9.51. The fourth-order valence-corrected chi connectivity index (χ4v) is 2.90. The number of aryl methyl sites for hydroxylation is 2. The Hall–Kier alpha value is -3.94. The number of nitrogens with one attached hydrogen (secondary N) is 3. The Balaban J connectivity index is 1.43. The van der Waals surface area contributed by atoms with Gasteiger partial charge in [-0.3, -0.25) is 29.9 Å². The van der Waals surface area contributed by atoms with Crippen molar-refractivity contribution in [3.63, 3.8) is 0 Å². The van der Waals surface area contributed by atoms with Crippen molar-refractivity contribution in [1.82, 2.24) is 25.9 Å². The molecule has 0 radical (unpaired) electrons. The molecule has 8 nitrogen and oxygen atoms in total. The van der Waals surface area contributed by atoms with E-state index in [0.29, 0.717) is 5.56 Å². The maximum atomic E-state index is 12.2. The first-order chi connectivity index (χ1) is 14.4. The highest BCUT2D eigenvalue weighted by Crippen LogP contribution is 2.19. The van der Waals surface area contributed by atoms with E-state index in [-0.39, 0.29) is 19.0 Å². The summed E-state index contributed by atoms with van der Waals surface area (Å²) in [6.45, 7) is 3.40. The van der Waals surface area contributed by atoms with Crippen LogP contribution in [0.4, 0.5) is 0 Å². The molecule has 0 spiro atoms. The van der Waals surface area contributed by atoms with Crippen LogP contribution in [0.3, 0.4) is 0 Å². The highest BCUT2D eigenvalue weighted by atomic mass is 16.2. The van der Waals surface area contributed by atoms with Crippen molar-refractivity contribution in [2.24, 2.45) is 0 Å². The first-order valence-corrected chi connectivity index (χ1v) is 9.45. The average molecular weight is 405 g/mol. The van der Waals surface area contributed by atoms with Crippen molar-refractivity contribution in [1.29, 1.82) is 0 Å². The summed E-state index contributed by atoms with van der Waals surface area (Å²) in [7, 11) is 0. The summed E-state index contributed by atoms with van der Waals surface area (Å²) in [6, 6.07) is 18.8. The fraction of sp³-hybridized carbons (Fsp3) is 0.182. The van der Waals surface area contributed by atoms with Crippen LogP contribution in [0.1, 0.15) is 21.7 Å². The van der Waals surface area contributed by atoms with Crippen molar-refractivity contribution < 1.29 is 14.4 Å². The minimum atomic E-state index is -0.536. The molecule has 0 fully saturated rings. The van der Waals surface area contributed by atoms with Crippen LogP contribution in [0.25, 0.3) is 11.1 Å². The van der Waals surface area contributed by atoms with Crippen LogP contribution in [-0.4, -0.2) is 34.0 Å². The molecular formula is C22H23N5O3. The lowest BCUT2D eigenvalue weighted by molar-refractivity contribution is -0.128. The summed E-state index contributed by atoms with van der Waals surface area (Å²) in [6.07, 6.45) is 0. The standard InChI is InChI=1S/C22H23N5O3/c1-15-12-16(2)27(26-15)14-21(29)25-24-20(28)13-23-22(30)19-10-8-18(9-11-19)17-6-4-3-5-7-17/h3-12H,13-14H2,1-2H3,(H,23,30)(H,24,28)(H,25,29). The highest BCUT2D eigenvalue weighted by Gasteiger charge is 2.11. The van der Waals surface area contributed by atoms with Crippen LogP contribution in [-0.2, 0) is 16.1 Å². The van der Waals surface area contributed by atoms with Gasteiger partial charge in [-0.2, -0.15) is 5.10 Å². The molecule has 0 aliphatic rings. The molecule has 0 aliphatic carbocycles. The lowest BCUT2D eigenvalue weighted by Crippen LogP contribution is -2.47. The zero-order valence-corrected chi connectivity index (χ0v) is 16.8. The molecule has 2 aromatic carbocycles. The zero-order chi connectivity index (χ0) is 21.5. The highest BCUT2D eigenvalue weighted by molar-refractivity contribution is 5.97. The molecule has 0 aliphatic heterocycles. The number of nitrogens with zero attached hydrogens (tertiary/aromatic N) is 2. The molecule has 3 rings (SSSR count). The predicted molar refractivity (Wildman–Crippen MR) is 112 cm³/mol. The van der Waals surface area contributed by atoms with Gasteiger partial charge < -0.3 is 5.32 Å². The average Bonchev–Trinajstić information content (AvgIpc) is 3.07. The molecule has 3 aromatic rings. The molecule has 8 heteroatoms. The van der Waals surface area contributed by atoms with Gasteiger partial charge in [0.15, 0.2) is 0 Å². The van der Waals surface area contributed by atoms with E-state index in [9.17, 15) is 14.4 Å². The Labute approximate surface area is 174 Å². The number of aromatic nitrogens is 2. The minimum absolute atomic E-state index is 0.0138. The van der Waals surface area contributed by atoms with E-state index in [1.165, 1.54) is 4.68 Å². The molecular weight excluding hydrogens is 382 g/mol. The number of carbonyl (C=O) groups excluding carboxylic acids is 3. The molecule has 0 saturated heterocycles. The SMILES string of the molecule is Cc1cc(C)n(CC(=O)NNC(=O)CNC(=O)c2ccc(-c3ccccc3)cc2)n1. The van der Waals surface area contributed by atoms with Gasteiger partial charge in [-0.25, -0.2) is 0 Å². The van der Waals surface area contributed by atoms with Gasteiger partial charge in [-0.05, 0) is 43.2 Å². The summed E-state index contributed by atoms with van der Waals surface area (Å²) >= 11 is 0. The molecule has 3 amide bonds. The monoisotopic (exact) mass is 405 g/mol. The first-order valence-electron chi connectivity index (χ1n) is 9.45. The Bertz CT molecular complexity index is 1040. The Morgan fingerprint density at radius 1 is 0.867 bits per heavy atom. The van der Waals surface area contributed by atoms with Gasteiger partial charge in [-0.1, -0.05) is 42.5 Å². The van der Waals surface area contributed by atoms with E-state index < -0.39 is 11.8 Å². The van der Waals surface area contributed by atoms with Crippen LogP contribution in [0, 0.1) is 13.8 Å². The van der Waals surface area contributed by atoms with Crippen molar-refractivity contribution in [2.75, 3.05) is 6.54 Å². The molecule has 0 saturated carbocycles. The van der Waals surface area contributed by atoms with Gasteiger partial charge in [0.25, 0.3) is 17.7 Å². The van der Waals surface area contributed by atoms with E-state index in [0.717, 1.165) is 22.5 Å². The predicted octanol–water partition coefficient (Wildman–Crippen LogP) is 1.74. The maximum absolute atomic E-state index is 12.2. The quantitative estimate of drug-likeness (QED) is 0.543. The Morgan fingerprint density at radius 2 is 1.50 bits per heavy atom. The first kappa shape index (κ1) is 20.8. The van der Waals surface area contributed by atoms with Gasteiger partial charge in [0.2, 0.25) is 0 Å². The Kier molecular flexibility index (Phi) is 6.59. The smallest absolute Gasteiger partial charge is 0.260 e. The van der Waals surface area contributed by atoms with Crippen LogP contribution >= 0.6 is 0 Å². The number of rotatable bonds is 6. The zero-order valence-electron chi connectivity index (χ0n) is 16.8. The van der Waals surface area contributed by atoms with Crippen molar-refractivity contribution in [2.45, 2.75) is 20.4 Å². The molecule has 0 unspecified atom stereocenters. The van der Waals surface area contributed by atoms with Gasteiger partial charge >= 0.3 is 0 Å². The number of hydrogen-bond acceptors (Lipinski definition) is 4. The number of amides is 3. The molecule has 1 aromatic heterocycles. The van der Waals surface area contributed by atoms with Gasteiger partial charge in [0, 0.05) is 11.3 Å². The van der Waals surface area contributed by atoms with Crippen LogP contribution < -0.4 is 16.2 Å². The summed E-state index contributed by atoms with van der Waals surface area (Å²) in [4.78, 5) is 36.0. The minimum Gasteiger partial charge on any atom is -0.343 e. The summed E-state index contributed by atoms with van der Waals surface area (Å²) in [5, 5.41) is 6.71. The molecule has 30 heavy (non-hydrogen) atoms. The van der Waals surface area contributed by atoms with E-state index in [1.54, 1.807) is 12.1 Å². The Morgan fingerprint density at radius 3 is 2.13 bits per heavy atom. The summed E-state index contributed by atoms with van der Waals surface area (Å²) in [5.74, 6) is -1.33.